The second-order valence-electron chi connectivity index (χ2n) is 4.53. The number of phenolic OH excluding ortho intramolecular Hbond substituents is 1. The SMILES string of the molecule is CC1CN(C(=O)c2ccc(O)cc2F)CCC1=O. The zero-order chi connectivity index (χ0) is 13.3. The Morgan fingerprint density at radius 2 is 2.22 bits per heavy atom. The molecule has 1 atom stereocenters. The number of amides is 1. The fourth-order valence-corrected chi connectivity index (χ4v) is 2.05. The van der Waals surface area contributed by atoms with E-state index in [1.807, 2.05) is 0 Å². The molecule has 1 N–H and O–H groups in total. The monoisotopic (exact) mass is 251 g/mol. The molecular weight excluding hydrogens is 237 g/mol. The Morgan fingerprint density at radius 1 is 1.50 bits per heavy atom. The lowest BCUT2D eigenvalue weighted by atomic mass is 9.98. The minimum absolute atomic E-state index is 0.0747. The van der Waals surface area contributed by atoms with Crippen molar-refractivity contribution in [3.8, 4) is 5.75 Å². The predicted molar refractivity (Wildman–Crippen MR) is 62.8 cm³/mol. The van der Waals surface area contributed by atoms with E-state index in [0.29, 0.717) is 19.5 Å². The maximum Gasteiger partial charge on any atom is 0.256 e. The van der Waals surface area contributed by atoms with Crippen molar-refractivity contribution in [2.75, 3.05) is 13.1 Å². The van der Waals surface area contributed by atoms with E-state index in [9.17, 15) is 14.0 Å². The molecule has 0 aromatic heterocycles. The number of hydrogen-bond acceptors (Lipinski definition) is 3. The van der Waals surface area contributed by atoms with Gasteiger partial charge in [-0.25, -0.2) is 4.39 Å². The van der Waals surface area contributed by atoms with Gasteiger partial charge in [0.15, 0.2) is 0 Å². The van der Waals surface area contributed by atoms with Crippen LogP contribution in [-0.4, -0.2) is 34.8 Å². The summed E-state index contributed by atoms with van der Waals surface area (Å²) in [5, 5.41) is 9.10. The molecule has 2 rings (SSSR count). The highest BCUT2D eigenvalue weighted by molar-refractivity contribution is 5.96. The summed E-state index contributed by atoms with van der Waals surface area (Å²) in [7, 11) is 0. The van der Waals surface area contributed by atoms with Crippen LogP contribution in [0.4, 0.5) is 4.39 Å². The van der Waals surface area contributed by atoms with Gasteiger partial charge in [-0.1, -0.05) is 6.92 Å². The number of benzene rings is 1. The molecule has 5 heteroatoms. The maximum atomic E-state index is 13.6. The van der Waals surface area contributed by atoms with E-state index in [1.54, 1.807) is 6.92 Å². The smallest absolute Gasteiger partial charge is 0.256 e. The molecule has 0 bridgehead atoms. The molecule has 0 radical (unpaired) electrons. The molecule has 1 aliphatic heterocycles. The van der Waals surface area contributed by atoms with Crippen LogP contribution in [0.2, 0.25) is 0 Å². The van der Waals surface area contributed by atoms with E-state index in [-0.39, 0.29) is 23.0 Å². The minimum Gasteiger partial charge on any atom is -0.508 e. The Hall–Kier alpha value is -1.91. The fourth-order valence-electron chi connectivity index (χ4n) is 2.05. The molecule has 96 valence electrons. The van der Waals surface area contributed by atoms with Crippen molar-refractivity contribution in [3.63, 3.8) is 0 Å². The van der Waals surface area contributed by atoms with E-state index in [4.69, 9.17) is 5.11 Å². The molecule has 1 aliphatic rings. The number of nitrogens with zero attached hydrogens (tertiary/aromatic N) is 1. The van der Waals surface area contributed by atoms with Crippen LogP contribution in [0.3, 0.4) is 0 Å². The third-order valence-electron chi connectivity index (χ3n) is 3.14. The molecule has 1 unspecified atom stereocenters. The molecule has 18 heavy (non-hydrogen) atoms. The summed E-state index contributed by atoms with van der Waals surface area (Å²) in [6.07, 6.45) is 0.312. The van der Waals surface area contributed by atoms with E-state index in [1.165, 1.54) is 17.0 Å². The Morgan fingerprint density at radius 3 is 2.83 bits per heavy atom. The van der Waals surface area contributed by atoms with Crippen molar-refractivity contribution in [1.82, 2.24) is 4.90 Å². The van der Waals surface area contributed by atoms with Gasteiger partial charge in [0.25, 0.3) is 5.91 Å². The number of hydrogen-bond donors (Lipinski definition) is 1. The van der Waals surface area contributed by atoms with Gasteiger partial charge >= 0.3 is 0 Å². The summed E-state index contributed by atoms with van der Waals surface area (Å²) >= 11 is 0. The molecule has 1 saturated heterocycles. The second-order valence-corrected chi connectivity index (χ2v) is 4.53. The van der Waals surface area contributed by atoms with Gasteiger partial charge in [0, 0.05) is 31.5 Å². The highest BCUT2D eigenvalue weighted by Gasteiger charge is 2.28. The molecule has 1 heterocycles. The zero-order valence-electron chi connectivity index (χ0n) is 10.0. The first-order chi connectivity index (χ1) is 8.49. The van der Waals surface area contributed by atoms with Gasteiger partial charge in [-0.2, -0.15) is 0 Å². The third kappa shape index (κ3) is 2.34. The zero-order valence-corrected chi connectivity index (χ0v) is 10.0. The molecule has 0 aliphatic carbocycles. The molecule has 1 aromatic carbocycles. The quantitative estimate of drug-likeness (QED) is 0.824. The van der Waals surface area contributed by atoms with Crippen molar-refractivity contribution in [2.45, 2.75) is 13.3 Å². The lowest BCUT2D eigenvalue weighted by molar-refractivity contribution is -0.124. The molecule has 1 fully saturated rings. The van der Waals surface area contributed by atoms with Gasteiger partial charge in [0.2, 0.25) is 0 Å². The van der Waals surface area contributed by atoms with Crippen LogP contribution in [0.5, 0.6) is 5.75 Å². The largest absolute Gasteiger partial charge is 0.508 e. The molecule has 1 amide bonds. The minimum atomic E-state index is -0.746. The van der Waals surface area contributed by atoms with E-state index in [2.05, 4.69) is 0 Å². The molecule has 4 nitrogen and oxygen atoms in total. The van der Waals surface area contributed by atoms with Gasteiger partial charge in [-0.3, -0.25) is 9.59 Å². The van der Waals surface area contributed by atoms with E-state index < -0.39 is 11.7 Å². The van der Waals surface area contributed by atoms with Crippen LogP contribution in [0.15, 0.2) is 18.2 Å². The molecule has 0 spiro atoms. The first kappa shape index (κ1) is 12.5. The highest BCUT2D eigenvalue weighted by atomic mass is 19.1. The maximum absolute atomic E-state index is 13.6. The Bertz CT molecular complexity index is 501. The summed E-state index contributed by atoms with van der Waals surface area (Å²) in [5.41, 5.74) is -0.0747. The van der Waals surface area contributed by atoms with E-state index in [0.717, 1.165) is 6.07 Å². The molecule has 0 saturated carbocycles. The van der Waals surface area contributed by atoms with Crippen LogP contribution in [0.1, 0.15) is 23.7 Å². The lowest BCUT2D eigenvalue weighted by Crippen LogP contribution is -2.43. The number of rotatable bonds is 1. The number of carbonyl (C=O) groups excluding carboxylic acids is 2. The average molecular weight is 251 g/mol. The first-order valence-electron chi connectivity index (χ1n) is 5.79. The van der Waals surface area contributed by atoms with Crippen molar-refractivity contribution < 1.29 is 19.1 Å². The predicted octanol–water partition coefficient (Wildman–Crippen LogP) is 1.58. The Labute approximate surface area is 104 Å². The van der Waals surface area contributed by atoms with Gasteiger partial charge in [0.05, 0.1) is 5.56 Å². The molecular formula is C13H14FNO3. The summed E-state index contributed by atoms with van der Waals surface area (Å²) in [5.74, 6) is -1.48. The number of piperidine rings is 1. The van der Waals surface area contributed by atoms with Crippen LogP contribution in [0, 0.1) is 11.7 Å². The first-order valence-corrected chi connectivity index (χ1v) is 5.79. The van der Waals surface area contributed by atoms with Crippen molar-refractivity contribution in [1.29, 1.82) is 0 Å². The number of aromatic hydroxyl groups is 1. The van der Waals surface area contributed by atoms with Crippen LogP contribution in [-0.2, 0) is 4.79 Å². The van der Waals surface area contributed by atoms with Gasteiger partial charge in [0.1, 0.15) is 17.3 Å². The lowest BCUT2D eigenvalue weighted by Gasteiger charge is -2.30. The number of halogens is 1. The Kier molecular flexibility index (Phi) is 3.32. The topological polar surface area (TPSA) is 57.6 Å². The number of phenols is 1. The third-order valence-corrected chi connectivity index (χ3v) is 3.14. The van der Waals surface area contributed by atoms with Gasteiger partial charge in [-0.05, 0) is 12.1 Å². The van der Waals surface area contributed by atoms with Crippen molar-refractivity contribution in [2.24, 2.45) is 5.92 Å². The van der Waals surface area contributed by atoms with Crippen LogP contribution >= 0.6 is 0 Å². The van der Waals surface area contributed by atoms with E-state index >= 15 is 0 Å². The standard InChI is InChI=1S/C13H14FNO3/c1-8-7-15(5-4-12(8)17)13(18)10-3-2-9(16)6-11(10)14/h2-3,6,8,16H,4-5,7H2,1H3. The van der Waals surface area contributed by atoms with Crippen molar-refractivity contribution in [3.05, 3.63) is 29.6 Å². The number of likely N-dealkylation sites (tertiary alicyclic amines) is 1. The second kappa shape index (κ2) is 4.76. The number of ketones is 1. The van der Waals surface area contributed by atoms with Crippen LogP contribution in [0.25, 0.3) is 0 Å². The Balaban J connectivity index is 2.19. The number of carbonyl (C=O) groups is 2. The normalized spacial score (nSPS) is 20.0. The number of Topliss-reactive ketones (excluding diaryl/α,β-unsaturated/α-hetero) is 1. The average Bonchev–Trinajstić information content (AvgIpc) is 2.32. The molecule has 1 aromatic rings. The van der Waals surface area contributed by atoms with Crippen LogP contribution < -0.4 is 0 Å². The summed E-state index contributed by atoms with van der Waals surface area (Å²) < 4.78 is 13.6. The summed E-state index contributed by atoms with van der Waals surface area (Å²) in [6.45, 7) is 2.40. The van der Waals surface area contributed by atoms with Gasteiger partial charge < -0.3 is 10.0 Å². The fraction of sp³-hybridized carbons (Fsp3) is 0.385. The summed E-state index contributed by atoms with van der Waals surface area (Å²) in [6, 6.07) is 3.44. The highest BCUT2D eigenvalue weighted by Crippen LogP contribution is 2.19. The van der Waals surface area contributed by atoms with Gasteiger partial charge in [-0.15, -0.1) is 0 Å². The summed E-state index contributed by atoms with van der Waals surface area (Å²) in [4.78, 5) is 24.9. The van der Waals surface area contributed by atoms with Crippen molar-refractivity contribution >= 4 is 11.7 Å².